The molecule has 0 radical (unpaired) electrons. The van der Waals surface area contributed by atoms with Gasteiger partial charge in [-0.2, -0.15) is 4.98 Å². The Kier molecular flexibility index (Phi) is 4.45. The highest BCUT2D eigenvalue weighted by Crippen LogP contribution is 2.30. The van der Waals surface area contributed by atoms with Gasteiger partial charge in [-0.1, -0.05) is 37.7 Å². The molecule has 0 spiro atoms. The lowest BCUT2D eigenvalue weighted by Crippen LogP contribution is -2.11. The SMILES string of the molecule is Cn1c(SCc2noc(C(C)(C)C)n2)nnc1[C@@H]1CCS(=O)(=O)C1. The molecular formula is C14H21N5O3S2. The zero-order valence-electron chi connectivity index (χ0n) is 14.2. The molecular weight excluding hydrogens is 350 g/mol. The largest absolute Gasteiger partial charge is 0.339 e. The van der Waals surface area contributed by atoms with E-state index in [1.165, 1.54) is 11.8 Å². The number of hydrogen-bond donors (Lipinski definition) is 0. The number of aromatic nitrogens is 5. The summed E-state index contributed by atoms with van der Waals surface area (Å²) in [7, 11) is -1.08. The predicted molar refractivity (Wildman–Crippen MR) is 89.6 cm³/mol. The van der Waals surface area contributed by atoms with Crippen molar-refractivity contribution < 1.29 is 12.9 Å². The minimum Gasteiger partial charge on any atom is -0.339 e. The van der Waals surface area contributed by atoms with E-state index in [9.17, 15) is 8.42 Å². The Balaban J connectivity index is 1.68. The fourth-order valence-electron chi connectivity index (χ4n) is 2.55. The Bertz CT molecular complexity index is 835. The molecule has 0 bridgehead atoms. The van der Waals surface area contributed by atoms with Gasteiger partial charge in [0.15, 0.2) is 20.8 Å². The molecule has 3 heterocycles. The average molecular weight is 371 g/mol. The Hall–Kier alpha value is -1.42. The molecule has 3 rings (SSSR count). The number of hydrogen-bond acceptors (Lipinski definition) is 8. The third kappa shape index (κ3) is 3.64. The van der Waals surface area contributed by atoms with E-state index in [-0.39, 0.29) is 22.8 Å². The van der Waals surface area contributed by atoms with Crippen molar-refractivity contribution in [3.63, 3.8) is 0 Å². The van der Waals surface area contributed by atoms with Crippen molar-refractivity contribution in [1.82, 2.24) is 24.9 Å². The normalized spacial score (nSPS) is 20.6. The highest BCUT2D eigenvalue weighted by Gasteiger charge is 2.32. The maximum atomic E-state index is 11.6. The molecule has 1 fully saturated rings. The van der Waals surface area contributed by atoms with Gasteiger partial charge in [0.25, 0.3) is 0 Å². The first-order chi connectivity index (χ1) is 11.2. The standard InChI is InChI=1S/C14H21N5O3S2/c1-14(2,3)12-15-10(18-22-12)7-23-13-17-16-11(19(13)4)9-5-6-24(20,21)8-9/h9H,5-8H2,1-4H3/t9-/m1/s1. The summed E-state index contributed by atoms with van der Waals surface area (Å²) in [5.41, 5.74) is -0.179. The maximum Gasteiger partial charge on any atom is 0.232 e. The smallest absolute Gasteiger partial charge is 0.232 e. The van der Waals surface area contributed by atoms with E-state index in [2.05, 4.69) is 20.3 Å². The molecule has 0 saturated carbocycles. The summed E-state index contributed by atoms with van der Waals surface area (Å²) in [6.45, 7) is 6.05. The van der Waals surface area contributed by atoms with E-state index in [0.717, 1.165) is 11.0 Å². The molecule has 2 aromatic rings. The van der Waals surface area contributed by atoms with Gasteiger partial charge in [0.1, 0.15) is 5.82 Å². The van der Waals surface area contributed by atoms with Crippen molar-refractivity contribution in [2.45, 2.75) is 49.4 Å². The lowest BCUT2D eigenvalue weighted by molar-refractivity contribution is 0.319. The van der Waals surface area contributed by atoms with Crippen LogP contribution in [0.25, 0.3) is 0 Å². The van der Waals surface area contributed by atoms with Crippen LogP contribution in [0.2, 0.25) is 0 Å². The van der Waals surface area contributed by atoms with Gasteiger partial charge < -0.3 is 9.09 Å². The van der Waals surface area contributed by atoms with Crippen LogP contribution in [0, 0.1) is 0 Å². The first kappa shape index (κ1) is 17.4. The fourth-order valence-corrected chi connectivity index (χ4v) is 5.05. The van der Waals surface area contributed by atoms with E-state index in [1.807, 2.05) is 32.4 Å². The molecule has 1 aliphatic heterocycles. The van der Waals surface area contributed by atoms with Crippen LogP contribution in [0.1, 0.15) is 50.6 Å². The summed E-state index contributed by atoms with van der Waals surface area (Å²) >= 11 is 1.46. The molecule has 8 nitrogen and oxygen atoms in total. The number of sulfone groups is 1. The summed E-state index contributed by atoms with van der Waals surface area (Å²) in [5, 5.41) is 13.1. The van der Waals surface area contributed by atoms with Crippen LogP contribution in [0.4, 0.5) is 0 Å². The van der Waals surface area contributed by atoms with Gasteiger partial charge in [0.2, 0.25) is 5.89 Å². The second-order valence-electron chi connectivity index (χ2n) is 7.05. The lowest BCUT2D eigenvalue weighted by Gasteiger charge is -2.10. The van der Waals surface area contributed by atoms with Gasteiger partial charge in [0.05, 0.1) is 17.3 Å². The monoisotopic (exact) mass is 371 g/mol. The zero-order chi connectivity index (χ0) is 17.5. The topological polar surface area (TPSA) is 104 Å². The maximum absolute atomic E-state index is 11.6. The van der Waals surface area contributed by atoms with Crippen LogP contribution < -0.4 is 0 Å². The molecule has 24 heavy (non-hydrogen) atoms. The van der Waals surface area contributed by atoms with E-state index >= 15 is 0 Å². The van der Waals surface area contributed by atoms with Crippen LogP contribution in [-0.2, 0) is 28.1 Å². The van der Waals surface area contributed by atoms with Gasteiger partial charge in [-0.15, -0.1) is 10.2 Å². The molecule has 1 saturated heterocycles. The van der Waals surface area contributed by atoms with E-state index in [4.69, 9.17) is 4.52 Å². The molecule has 132 valence electrons. The van der Waals surface area contributed by atoms with Gasteiger partial charge >= 0.3 is 0 Å². The Labute approximate surface area is 145 Å². The summed E-state index contributed by atoms with van der Waals surface area (Å²) < 4.78 is 30.4. The van der Waals surface area contributed by atoms with Crippen molar-refractivity contribution in [3.05, 3.63) is 17.5 Å². The molecule has 0 unspecified atom stereocenters. The summed E-state index contributed by atoms with van der Waals surface area (Å²) in [6.07, 6.45) is 0.610. The van der Waals surface area contributed by atoms with Crippen LogP contribution in [0.5, 0.6) is 0 Å². The highest BCUT2D eigenvalue weighted by molar-refractivity contribution is 7.98. The quantitative estimate of drug-likeness (QED) is 0.748. The van der Waals surface area contributed by atoms with Crippen molar-refractivity contribution in [3.8, 4) is 0 Å². The summed E-state index contributed by atoms with van der Waals surface area (Å²) in [6, 6.07) is 0. The first-order valence-electron chi connectivity index (χ1n) is 7.71. The third-order valence-corrected chi connectivity index (χ3v) is 6.69. The number of thioether (sulfide) groups is 1. The van der Waals surface area contributed by atoms with Gasteiger partial charge in [0, 0.05) is 18.4 Å². The van der Waals surface area contributed by atoms with Crippen LogP contribution in [0.15, 0.2) is 9.68 Å². The predicted octanol–water partition coefficient (Wildman–Crippen LogP) is 1.69. The molecule has 2 aromatic heterocycles. The van der Waals surface area contributed by atoms with Gasteiger partial charge in [-0.05, 0) is 6.42 Å². The average Bonchev–Trinajstić information content (AvgIpc) is 3.15. The van der Waals surface area contributed by atoms with E-state index < -0.39 is 9.84 Å². The third-order valence-electron chi connectivity index (χ3n) is 3.91. The molecule has 0 N–H and O–H groups in total. The molecule has 0 aromatic carbocycles. The molecule has 1 atom stereocenters. The van der Waals surface area contributed by atoms with E-state index in [0.29, 0.717) is 23.9 Å². The minimum absolute atomic E-state index is 0.0699. The number of rotatable bonds is 4. The Morgan fingerprint density at radius 2 is 2.08 bits per heavy atom. The second kappa shape index (κ2) is 6.14. The van der Waals surface area contributed by atoms with Crippen LogP contribution >= 0.6 is 11.8 Å². The van der Waals surface area contributed by atoms with Crippen molar-refractivity contribution in [2.24, 2.45) is 7.05 Å². The van der Waals surface area contributed by atoms with Gasteiger partial charge in [-0.25, -0.2) is 8.42 Å². The van der Waals surface area contributed by atoms with Crippen LogP contribution in [-0.4, -0.2) is 44.8 Å². The highest BCUT2D eigenvalue weighted by atomic mass is 32.2. The minimum atomic E-state index is -2.94. The van der Waals surface area contributed by atoms with E-state index in [1.54, 1.807) is 0 Å². The fraction of sp³-hybridized carbons (Fsp3) is 0.714. The lowest BCUT2D eigenvalue weighted by atomic mass is 9.97. The second-order valence-corrected chi connectivity index (χ2v) is 10.2. The van der Waals surface area contributed by atoms with Crippen molar-refractivity contribution in [1.29, 1.82) is 0 Å². The first-order valence-corrected chi connectivity index (χ1v) is 10.5. The molecule has 10 heteroatoms. The van der Waals surface area contributed by atoms with Crippen molar-refractivity contribution >= 4 is 21.6 Å². The molecule has 0 amide bonds. The molecule has 0 aliphatic carbocycles. The zero-order valence-corrected chi connectivity index (χ0v) is 15.8. The summed E-state index contributed by atoms with van der Waals surface area (Å²) in [4.78, 5) is 4.39. The van der Waals surface area contributed by atoms with Gasteiger partial charge in [-0.3, -0.25) is 0 Å². The van der Waals surface area contributed by atoms with Crippen molar-refractivity contribution in [2.75, 3.05) is 11.5 Å². The summed E-state index contributed by atoms with van der Waals surface area (Å²) in [5.74, 6) is 2.77. The van der Waals surface area contributed by atoms with Crippen LogP contribution in [0.3, 0.4) is 0 Å². The Morgan fingerprint density at radius 3 is 2.67 bits per heavy atom. The number of nitrogens with zero attached hydrogens (tertiary/aromatic N) is 5. The molecule has 1 aliphatic rings. The Morgan fingerprint density at radius 1 is 1.33 bits per heavy atom.